The minimum absolute atomic E-state index is 0.00393. The molecule has 2 amide bonds. The van der Waals surface area contributed by atoms with Crippen molar-refractivity contribution in [2.24, 2.45) is 0 Å². The van der Waals surface area contributed by atoms with Gasteiger partial charge in [0.25, 0.3) is 5.91 Å². The molecular formula is C17H18ClN3O5. The molecule has 0 spiro atoms. The molecule has 0 aliphatic carbocycles. The van der Waals surface area contributed by atoms with Crippen LogP contribution in [0, 0.1) is 0 Å². The smallest absolute Gasteiger partial charge is 0.305 e. The number of nitrogens with one attached hydrogen (secondary N) is 2. The van der Waals surface area contributed by atoms with Crippen LogP contribution < -0.4 is 10.2 Å². The van der Waals surface area contributed by atoms with Crippen molar-refractivity contribution in [1.82, 2.24) is 10.3 Å². The number of amides is 2. The third kappa shape index (κ3) is 3.08. The number of fused-ring (bicyclic) bond motifs is 3. The number of aromatic hydroxyl groups is 1. The van der Waals surface area contributed by atoms with Gasteiger partial charge in [-0.2, -0.15) is 0 Å². The third-order valence-corrected chi connectivity index (χ3v) is 4.82. The van der Waals surface area contributed by atoms with Gasteiger partial charge in [-0.3, -0.25) is 14.4 Å². The molecule has 2 heterocycles. The molecule has 0 saturated carbocycles. The molecule has 0 saturated heterocycles. The molecule has 1 aliphatic rings. The number of phenols is 1. The van der Waals surface area contributed by atoms with Crippen LogP contribution in [0.4, 0.5) is 5.69 Å². The maximum atomic E-state index is 12.2. The number of carboxylic acids is 1. The molecule has 26 heavy (non-hydrogen) atoms. The number of phenolic OH excluding ortho intramolecular Hbond substituents is 1. The lowest BCUT2D eigenvalue weighted by atomic mass is 9.98. The van der Waals surface area contributed by atoms with E-state index in [0.717, 1.165) is 5.56 Å². The van der Waals surface area contributed by atoms with E-state index in [1.807, 2.05) is 0 Å². The maximum Gasteiger partial charge on any atom is 0.305 e. The summed E-state index contributed by atoms with van der Waals surface area (Å²) in [5.74, 6) is -1.53. The molecule has 1 unspecified atom stereocenters. The summed E-state index contributed by atoms with van der Waals surface area (Å²) in [7, 11) is 0. The monoisotopic (exact) mass is 379 g/mol. The van der Waals surface area contributed by atoms with Crippen molar-refractivity contribution in [3.8, 4) is 5.75 Å². The van der Waals surface area contributed by atoms with Crippen molar-refractivity contribution in [1.29, 1.82) is 0 Å². The van der Waals surface area contributed by atoms with Crippen LogP contribution in [0.5, 0.6) is 5.75 Å². The first-order chi connectivity index (χ1) is 12.3. The lowest BCUT2D eigenvalue weighted by Gasteiger charge is -2.15. The number of carbonyl (C=O) groups is 3. The molecule has 1 aromatic carbocycles. The van der Waals surface area contributed by atoms with Crippen LogP contribution in [0.1, 0.15) is 35.3 Å². The van der Waals surface area contributed by atoms with Gasteiger partial charge in [0.2, 0.25) is 5.91 Å². The lowest BCUT2D eigenvalue weighted by molar-refractivity contribution is -0.136. The summed E-state index contributed by atoms with van der Waals surface area (Å²) in [6.45, 7) is 1.86. The first-order valence-electron chi connectivity index (χ1n) is 8.06. The molecule has 4 N–H and O–H groups in total. The predicted molar refractivity (Wildman–Crippen MR) is 96.0 cm³/mol. The van der Waals surface area contributed by atoms with Gasteiger partial charge < -0.3 is 25.4 Å². The zero-order valence-corrected chi connectivity index (χ0v) is 14.8. The Bertz CT molecular complexity index is 907. The highest BCUT2D eigenvalue weighted by atomic mass is 35.5. The number of aliphatic carboxylic acids is 1. The highest BCUT2D eigenvalue weighted by molar-refractivity contribution is 6.19. The molecule has 2 aromatic rings. The van der Waals surface area contributed by atoms with Gasteiger partial charge in [-0.1, -0.05) is 0 Å². The molecule has 3 rings (SSSR count). The standard InChI is InChI=1S/C17H18ClN3O5/c1-8(22)21-7-9(6-18)15-10-4-11(17(26)19-3-2-14(24)25)20-16(10)13(23)5-12(15)21/h4-5,9,20,23H,2-3,6-7H2,1H3,(H,19,26)(H,24,25). The van der Waals surface area contributed by atoms with Gasteiger partial charge in [0.1, 0.15) is 11.4 Å². The van der Waals surface area contributed by atoms with Crippen molar-refractivity contribution in [3.63, 3.8) is 0 Å². The largest absolute Gasteiger partial charge is 0.506 e. The van der Waals surface area contributed by atoms with Gasteiger partial charge in [-0.25, -0.2) is 0 Å². The summed E-state index contributed by atoms with van der Waals surface area (Å²) < 4.78 is 0. The summed E-state index contributed by atoms with van der Waals surface area (Å²) in [6.07, 6.45) is -0.186. The second-order valence-electron chi connectivity index (χ2n) is 6.18. The van der Waals surface area contributed by atoms with Crippen molar-refractivity contribution in [3.05, 3.63) is 23.4 Å². The van der Waals surface area contributed by atoms with Crippen molar-refractivity contribution >= 4 is 46.0 Å². The van der Waals surface area contributed by atoms with Gasteiger partial charge in [0.05, 0.1) is 17.6 Å². The van der Waals surface area contributed by atoms with E-state index in [4.69, 9.17) is 16.7 Å². The summed E-state index contributed by atoms with van der Waals surface area (Å²) in [5, 5.41) is 22.1. The fourth-order valence-electron chi connectivity index (χ4n) is 3.27. The number of nitrogens with zero attached hydrogens (tertiary/aromatic N) is 1. The number of hydrogen-bond donors (Lipinski definition) is 4. The number of aromatic nitrogens is 1. The number of alkyl halides is 1. The Morgan fingerprint density at radius 3 is 2.73 bits per heavy atom. The Morgan fingerprint density at radius 2 is 2.12 bits per heavy atom. The lowest BCUT2D eigenvalue weighted by Crippen LogP contribution is -2.27. The second kappa shape index (κ2) is 6.87. The summed E-state index contributed by atoms with van der Waals surface area (Å²) in [4.78, 5) is 39.1. The molecule has 1 aromatic heterocycles. The maximum absolute atomic E-state index is 12.2. The number of rotatable bonds is 5. The third-order valence-electron chi connectivity index (χ3n) is 4.45. The molecule has 0 radical (unpaired) electrons. The number of benzene rings is 1. The zero-order chi connectivity index (χ0) is 19.0. The molecular weight excluding hydrogens is 362 g/mol. The molecule has 1 aliphatic heterocycles. The van der Waals surface area contributed by atoms with Crippen LogP contribution in [-0.4, -0.2) is 52.0 Å². The van der Waals surface area contributed by atoms with E-state index in [0.29, 0.717) is 29.0 Å². The van der Waals surface area contributed by atoms with Crippen LogP contribution in [0.15, 0.2) is 12.1 Å². The summed E-state index contributed by atoms with van der Waals surface area (Å²) in [5.41, 5.74) is 1.98. The average molecular weight is 380 g/mol. The number of H-pyrrole nitrogens is 1. The number of halogens is 1. The summed E-state index contributed by atoms with van der Waals surface area (Å²) in [6, 6.07) is 3.08. The average Bonchev–Trinajstić information content (AvgIpc) is 3.16. The SMILES string of the molecule is CC(=O)N1CC(CCl)c2c1cc(O)c1[nH]c(C(=O)NCCC(=O)O)cc21. The topological polar surface area (TPSA) is 123 Å². The van der Waals surface area contributed by atoms with Crippen molar-refractivity contribution in [2.45, 2.75) is 19.3 Å². The van der Waals surface area contributed by atoms with E-state index < -0.39 is 11.9 Å². The number of carbonyl (C=O) groups excluding carboxylic acids is 2. The van der Waals surface area contributed by atoms with E-state index in [2.05, 4.69) is 10.3 Å². The quantitative estimate of drug-likeness (QED) is 0.589. The minimum atomic E-state index is -1.01. The van der Waals surface area contributed by atoms with Gasteiger partial charge in [0.15, 0.2) is 0 Å². The first kappa shape index (κ1) is 18.1. The molecule has 9 heteroatoms. The van der Waals surface area contributed by atoms with E-state index in [9.17, 15) is 19.5 Å². The van der Waals surface area contributed by atoms with Gasteiger partial charge >= 0.3 is 5.97 Å². The predicted octanol–water partition coefficient (Wildman–Crippen LogP) is 1.77. The number of hydrogen-bond acceptors (Lipinski definition) is 4. The van der Waals surface area contributed by atoms with Crippen LogP contribution in [0.25, 0.3) is 10.9 Å². The Balaban J connectivity index is 2.02. The second-order valence-corrected chi connectivity index (χ2v) is 6.49. The Morgan fingerprint density at radius 1 is 1.38 bits per heavy atom. The number of carboxylic acid groups (broad SMARTS) is 1. The number of aromatic amines is 1. The van der Waals surface area contributed by atoms with Gasteiger partial charge in [-0.15, -0.1) is 11.6 Å². The molecule has 8 nitrogen and oxygen atoms in total. The van der Waals surface area contributed by atoms with Gasteiger partial charge in [-0.05, 0) is 11.6 Å². The van der Waals surface area contributed by atoms with Crippen LogP contribution in [-0.2, 0) is 9.59 Å². The molecule has 0 bridgehead atoms. The van der Waals surface area contributed by atoms with E-state index >= 15 is 0 Å². The van der Waals surface area contributed by atoms with Crippen molar-refractivity contribution in [2.75, 3.05) is 23.9 Å². The van der Waals surface area contributed by atoms with E-state index in [1.165, 1.54) is 13.0 Å². The zero-order valence-electron chi connectivity index (χ0n) is 14.0. The summed E-state index contributed by atoms with van der Waals surface area (Å²) >= 11 is 6.07. The van der Waals surface area contributed by atoms with Crippen LogP contribution in [0.2, 0.25) is 0 Å². The molecule has 1 atom stereocenters. The normalized spacial score (nSPS) is 15.9. The van der Waals surface area contributed by atoms with Gasteiger partial charge in [0, 0.05) is 43.3 Å². The minimum Gasteiger partial charge on any atom is -0.506 e. The Labute approximate surface area is 153 Å². The molecule has 138 valence electrons. The fourth-order valence-corrected chi connectivity index (χ4v) is 3.53. The fraction of sp³-hybridized carbons (Fsp3) is 0.353. The highest BCUT2D eigenvalue weighted by Gasteiger charge is 2.34. The molecule has 0 fully saturated rings. The first-order valence-corrected chi connectivity index (χ1v) is 8.59. The Kier molecular flexibility index (Phi) is 4.78. The highest BCUT2D eigenvalue weighted by Crippen LogP contribution is 2.45. The van der Waals surface area contributed by atoms with Crippen LogP contribution in [0.3, 0.4) is 0 Å². The van der Waals surface area contributed by atoms with E-state index in [1.54, 1.807) is 11.0 Å². The number of anilines is 1. The van der Waals surface area contributed by atoms with Crippen LogP contribution >= 0.6 is 11.6 Å². The van der Waals surface area contributed by atoms with Crippen molar-refractivity contribution < 1.29 is 24.6 Å². The van der Waals surface area contributed by atoms with E-state index in [-0.39, 0.29) is 36.2 Å². The Hall–Kier alpha value is -2.74.